The second-order valence-corrected chi connectivity index (χ2v) is 12.6. The number of rotatable bonds is 14. The molecule has 0 aliphatic heterocycles. The molecule has 1 N–H and O–H groups in total. The summed E-state index contributed by atoms with van der Waals surface area (Å²) in [5.41, 5.74) is 2.87. The second kappa shape index (κ2) is 14.4. The molecule has 0 aliphatic carbocycles. The SMILES string of the molecule is CC(C)N(CCOC(C)(C)COCC(=O)NS(=O)(=O)c1ccccc1)c1cnc(-c2ccccc2)c(-c2ccccc2)n1. The van der Waals surface area contributed by atoms with Crippen LogP contribution in [0.1, 0.15) is 27.7 Å². The van der Waals surface area contributed by atoms with Crippen molar-refractivity contribution in [2.75, 3.05) is 31.3 Å². The number of ether oxygens (including phenoxy) is 2. The average Bonchev–Trinajstić information content (AvgIpc) is 3.00. The Labute approximate surface area is 254 Å². The lowest BCUT2D eigenvalue weighted by Gasteiger charge is -2.31. The van der Waals surface area contributed by atoms with E-state index in [2.05, 4.69) is 18.7 Å². The molecule has 0 aliphatic rings. The van der Waals surface area contributed by atoms with Gasteiger partial charge >= 0.3 is 0 Å². The third kappa shape index (κ3) is 8.93. The van der Waals surface area contributed by atoms with E-state index in [4.69, 9.17) is 19.4 Å². The van der Waals surface area contributed by atoms with Crippen molar-refractivity contribution in [2.45, 2.75) is 44.2 Å². The van der Waals surface area contributed by atoms with E-state index < -0.39 is 28.1 Å². The first kappa shape index (κ1) is 31.8. The number of amides is 1. The zero-order chi connectivity index (χ0) is 30.9. The summed E-state index contributed by atoms with van der Waals surface area (Å²) in [6, 6.07) is 27.9. The van der Waals surface area contributed by atoms with Crippen LogP contribution in [0.25, 0.3) is 22.5 Å². The van der Waals surface area contributed by atoms with Crippen molar-refractivity contribution in [1.29, 1.82) is 0 Å². The van der Waals surface area contributed by atoms with E-state index in [-0.39, 0.29) is 17.5 Å². The van der Waals surface area contributed by atoms with Crippen molar-refractivity contribution in [3.05, 3.63) is 97.2 Å². The third-order valence-electron chi connectivity index (χ3n) is 6.58. The molecular weight excluding hydrogens is 564 g/mol. The quantitative estimate of drug-likeness (QED) is 0.206. The Morgan fingerprint density at radius 1 is 0.884 bits per heavy atom. The lowest BCUT2D eigenvalue weighted by atomic mass is 10.0. The number of aromatic nitrogens is 2. The molecule has 0 saturated heterocycles. The fourth-order valence-electron chi connectivity index (χ4n) is 4.45. The van der Waals surface area contributed by atoms with Gasteiger partial charge in [-0.1, -0.05) is 78.9 Å². The smallest absolute Gasteiger partial charge is 0.264 e. The first-order chi connectivity index (χ1) is 20.6. The molecule has 4 rings (SSSR count). The maximum absolute atomic E-state index is 12.3. The highest BCUT2D eigenvalue weighted by atomic mass is 32.2. The Balaban J connectivity index is 1.36. The van der Waals surface area contributed by atoms with Crippen molar-refractivity contribution in [2.24, 2.45) is 0 Å². The van der Waals surface area contributed by atoms with E-state index >= 15 is 0 Å². The van der Waals surface area contributed by atoms with Gasteiger partial charge in [0.1, 0.15) is 12.4 Å². The molecule has 0 bridgehead atoms. The number of carbonyl (C=O) groups is 1. The van der Waals surface area contributed by atoms with Gasteiger partial charge in [-0.2, -0.15) is 0 Å². The fourth-order valence-corrected chi connectivity index (χ4v) is 5.44. The minimum absolute atomic E-state index is 0.0111. The molecule has 4 aromatic rings. The fraction of sp³-hybridized carbons (Fsp3) is 0.303. The minimum Gasteiger partial charge on any atom is -0.371 e. The number of benzene rings is 3. The van der Waals surface area contributed by atoms with Gasteiger partial charge in [0.15, 0.2) is 0 Å². The summed E-state index contributed by atoms with van der Waals surface area (Å²) >= 11 is 0. The molecule has 3 aromatic carbocycles. The van der Waals surface area contributed by atoms with Gasteiger partial charge in [0, 0.05) is 23.7 Å². The zero-order valence-electron chi connectivity index (χ0n) is 24.9. The molecule has 0 radical (unpaired) electrons. The third-order valence-corrected chi connectivity index (χ3v) is 7.97. The van der Waals surface area contributed by atoms with Crippen molar-refractivity contribution >= 4 is 21.7 Å². The highest BCUT2D eigenvalue weighted by Crippen LogP contribution is 2.31. The van der Waals surface area contributed by atoms with Crippen molar-refractivity contribution < 1.29 is 22.7 Å². The molecule has 226 valence electrons. The molecule has 0 saturated carbocycles. The molecule has 0 spiro atoms. The maximum Gasteiger partial charge on any atom is 0.264 e. The molecule has 10 heteroatoms. The summed E-state index contributed by atoms with van der Waals surface area (Å²) in [6.45, 7) is 8.48. The predicted molar refractivity (Wildman–Crippen MR) is 168 cm³/mol. The summed E-state index contributed by atoms with van der Waals surface area (Å²) in [5.74, 6) is -0.0140. The van der Waals surface area contributed by atoms with Gasteiger partial charge in [0.25, 0.3) is 15.9 Å². The first-order valence-corrected chi connectivity index (χ1v) is 15.6. The Kier molecular flexibility index (Phi) is 10.6. The van der Waals surface area contributed by atoms with Crippen LogP contribution < -0.4 is 9.62 Å². The average molecular weight is 603 g/mol. The highest BCUT2D eigenvalue weighted by Gasteiger charge is 2.23. The number of hydrogen-bond donors (Lipinski definition) is 1. The number of carbonyl (C=O) groups excluding carboxylic acids is 1. The number of anilines is 1. The van der Waals surface area contributed by atoms with Crippen LogP contribution in [0.5, 0.6) is 0 Å². The predicted octanol–water partition coefficient (Wildman–Crippen LogP) is 5.34. The molecule has 1 aromatic heterocycles. The normalized spacial score (nSPS) is 11.8. The highest BCUT2D eigenvalue weighted by molar-refractivity contribution is 7.90. The largest absolute Gasteiger partial charge is 0.371 e. The molecule has 0 atom stereocenters. The number of hydrogen-bond acceptors (Lipinski definition) is 8. The number of sulfonamides is 1. The van der Waals surface area contributed by atoms with Gasteiger partial charge in [0.05, 0.1) is 41.3 Å². The van der Waals surface area contributed by atoms with Gasteiger partial charge in [-0.3, -0.25) is 9.78 Å². The van der Waals surface area contributed by atoms with Crippen LogP contribution in [0.15, 0.2) is 102 Å². The molecule has 43 heavy (non-hydrogen) atoms. The van der Waals surface area contributed by atoms with Crippen LogP contribution >= 0.6 is 0 Å². The van der Waals surface area contributed by atoms with Crippen molar-refractivity contribution in [3.8, 4) is 22.5 Å². The first-order valence-electron chi connectivity index (χ1n) is 14.1. The minimum atomic E-state index is -3.95. The van der Waals surface area contributed by atoms with Gasteiger partial charge in [-0.15, -0.1) is 0 Å². The van der Waals surface area contributed by atoms with E-state index in [1.54, 1.807) is 24.4 Å². The summed E-state index contributed by atoms with van der Waals surface area (Å²) in [6.07, 6.45) is 1.80. The standard InChI is InChI=1S/C33H38N4O5S/c1-25(2)37(29-22-34-31(26-14-8-5-9-15-26)32(35-29)27-16-10-6-11-17-27)20-21-42-33(3,4)24-41-23-30(38)36-43(39,40)28-18-12-7-13-19-28/h5-19,22,25H,20-21,23-24H2,1-4H3,(H,36,38). The molecule has 0 unspecified atom stereocenters. The molecule has 1 heterocycles. The van der Waals surface area contributed by atoms with E-state index in [0.717, 1.165) is 28.3 Å². The molecular formula is C33H38N4O5S. The van der Waals surface area contributed by atoms with Crippen molar-refractivity contribution in [3.63, 3.8) is 0 Å². The van der Waals surface area contributed by atoms with Crippen molar-refractivity contribution in [1.82, 2.24) is 14.7 Å². The lowest BCUT2D eigenvalue weighted by molar-refractivity contribution is -0.128. The summed E-state index contributed by atoms with van der Waals surface area (Å²) in [4.78, 5) is 24.3. The lowest BCUT2D eigenvalue weighted by Crippen LogP contribution is -2.39. The monoisotopic (exact) mass is 602 g/mol. The van der Waals surface area contributed by atoms with Crippen LogP contribution in [0.4, 0.5) is 5.82 Å². The van der Waals surface area contributed by atoms with Gasteiger partial charge < -0.3 is 14.4 Å². The Morgan fingerprint density at radius 2 is 1.44 bits per heavy atom. The summed E-state index contributed by atoms with van der Waals surface area (Å²) in [5, 5.41) is 0. The van der Waals surface area contributed by atoms with Crippen LogP contribution in [0.3, 0.4) is 0 Å². The van der Waals surface area contributed by atoms with Crippen LogP contribution in [0, 0.1) is 0 Å². The number of nitrogens with zero attached hydrogens (tertiary/aromatic N) is 3. The summed E-state index contributed by atoms with van der Waals surface area (Å²) in [7, 11) is -3.95. The van der Waals surface area contributed by atoms with Gasteiger partial charge in [-0.25, -0.2) is 18.1 Å². The zero-order valence-corrected chi connectivity index (χ0v) is 25.8. The Hall–Kier alpha value is -4.12. The molecule has 0 fully saturated rings. The van der Waals surface area contributed by atoms with Gasteiger partial charge in [0.2, 0.25) is 0 Å². The topological polar surface area (TPSA) is 111 Å². The van der Waals surface area contributed by atoms with Crippen LogP contribution in [-0.2, 0) is 24.3 Å². The Bertz CT molecular complexity index is 1580. The van der Waals surface area contributed by atoms with E-state index in [9.17, 15) is 13.2 Å². The van der Waals surface area contributed by atoms with Crippen LogP contribution in [-0.4, -0.2) is 62.3 Å². The maximum atomic E-state index is 12.3. The Morgan fingerprint density at radius 3 is 2.02 bits per heavy atom. The van der Waals surface area contributed by atoms with E-state index in [1.807, 2.05) is 79.2 Å². The van der Waals surface area contributed by atoms with E-state index in [1.165, 1.54) is 12.1 Å². The number of nitrogens with one attached hydrogen (secondary N) is 1. The van der Waals surface area contributed by atoms with Gasteiger partial charge in [-0.05, 0) is 39.8 Å². The van der Waals surface area contributed by atoms with E-state index in [0.29, 0.717) is 13.2 Å². The molecule has 9 nitrogen and oxygen atoms in total. The summed E-state index contributed by atoms with van der Waals surface area (Å²) < 4.78 is 38.4. The molecule has 1 amide bonds. The van der Waals surface area contributed by atoms with Crippen LogP contribution in [0.2, 0.25) is 0 Å². The second-order valence-electron chi connectivity index (χ2n) is 10.9.